The van der Waals surface area contributed by atoms with Crippen LogP contribution in [0.2, 0.25) is 0 Å². The van der Waals surface area contributed by atoms with Gasteiger partial charge in [-0.25, -0.2) is 4.79 Å². The fourth-order valence-electron chi connectivity index (χ4n) is 1.69. The molecule has 104 valence electrons. The quantitative estimate of drug-likeness (QED) is 0.872. The van der Waals surface area contributed by atoms with Gasteiger partial charge in [0.25, 0.3) is 5.91 Å². The van der Waals surface area contributed by atoms with E-state index in [1.165, 1.54) is 7.11 Å². The van der Waals surface area contributed by atoms with Crippen molar-refractivity contribution in [3.05, 3.63) is 29.8 Å². The number of nitrogens with one attached hydrogen (secondary N) is 1. The predicted molar refractivity (Wildman–Crippen MR) is 71.3 cm³/mol. The summed E-state index contributed by atoms with van der Waals surface area (Å²) in [7, 11) is 1.46. The van der Waals surface area contributed by atoms with Crippen molar-refractivity contribution in [1.29, 1.82) is 0 Å². The third-order valence-electron chi connectivity index (χ3n) is 2.74. The van der Waals surface area contributed by atoms with Crippen LogP contribution in [-0.2, 0) is 4.79 Å². The molecule has 0 fully saturated rings. The fraction of sp³-hybridized carbons (Fsp3) is 0.429. The van der Waals surface area contributed by atoms with E-state index in [0.717, 1.165) is 0 Å². The first kappa shape index (κ1) is 15.0. The summed E-state index contributed by atoms with van der Waals surface area (Å²) in [5, 5.41) is 11.7. The highest BCUT2D eigenvalue weighted by atomic mass is 16.5. The number of methoxy groups -OCH3 is 1. The van der Waals surface area contributed by atoms with Gasteiger partial charge in [-0.2, -0.15) is 0 Å². The van der Waals surface area contributed by atoms with Gasteiger partial charge in [-0.3, -0.25) is 4.79 Å². The van der Waals surface area contributed by atoms with Gasteiger partial charge in [0, 0.05) is 0 Å². The summed E-state index contributed by atoms with van der Waals surface area (Å²) in [6, 6.07) is 5.72. The van der Waals surface area contributed by atoms with E-state index >= 15 is 0 Å². The Hall–Kier alpha value is -2.04. The Balaban J connectivity index is 2.98. The lowest BCUT2D eigenvalue weighted by atomic mass is 9.86. The van der Waals surface area contributed by atoms with Crippen molar-refractivity contribution in [2.75, 3.05) is 7.11 Å². The van der Waals surface area contributed by atoms with E-state index in [2.05, 4.69) is 5.32 Å². The van der Waals surface area contributed by atoms with Gasteiger partial charge in [-0.05, 0) is 17.5 Å². The molecule has 0 heterocycles. The molecule has 0 unspecified atom stereocenters. The van der Waals surface area contributed by atoms with Crippen LogP contribution in [0.15, 0.2) is 24.3 Å². The Kier molecular flexibility index (Phi) is 4.53. The average Bonchev–Trinajstić information content (AvgIpc) is 2.33. The first-order valence-corrected chi connectivity index (χ1v) is 5.94. The van der Waals surface area contributed by atoms with Crippen molar-refractivity contribution in [3.8, 4) is 5.75 Å². The maximum atomic E-state index is 12.1. The summed E-state index contributed by atoms with van der Waals surface area (Å²) in [5.41, 5.74) is -0.260. The Morgan fingerprint density at radius 1 is 1.26 bits per heavy atom. The third kappa shape index (κ3) is 3.71. The molecule has 1 aromatic rings. The molecule has 1 aromatic carbocycles. The van der Waals surface area contributed by atoms with Gasteiger partial charge in [-0.15, -0.1) is 0 Å². The van der Waals surface area contributed by atoms with Crippen molar-refractivity contribution in [2.45, 2.75) is 26.8 Å². The van der Waals surface area contributed by atoms with Gasteiger partial charge in [0.15, 0.2) is 0 Å². The summed E-state index contributed by atoms with van der Waals surface area (Å²) in [6.45, 7) is 5.27. The van der Waals surface area contributed by atoms with Crippen LogP contribution in [0.25, 0.3) is 0 Å². The highest BCUT2D eigenvalue weighted by Crippen LogP contribution is 2.22. The molecule has 0 aliphatic heterocycles. The number of carboxylic acids is 1. The molecular formula is C14H19NO4. The molecular weight excluding hydrogens is 246 g/mol. The summed E-state index contributed by atoms with van der Waals surface area (Å²) < 4.78 is 5.09. The topological polar surface area (TPSA) is 75.6 Å². The molecule has 1 rings (SSSR count). The molecule has 5 heteroatoms. The van der Waals surface area contributed by atoms with Gasteiger partial charge in [0.2, 0.25) is 0 Å². The zero-order valence-electron chi connectivity index (χ0n) is 11.6. The molecule has 1 amide bonds. The molecule has 5 nitrogen and oxygen atoms in total. The second-order valence-electron chi connectivity index (χ2n) is 5.31. The maximum absolute atomic E-state index is 12.1. The van der Waals surface area contributed by atoms with E-state index in [1.807, 2.05) is 0 Å². The van der Waals surface area contributed by atoms with Crippen LogP contribution in [0, 0.1) is 5.41 Å². The molecule has 0 saturated heterocycles. The molecule has 1 atom stereocenters. The monoisotopic (exact) mass is 265 g/mol. The van der Waals surface area contributed by atoms with Gasteiger partial charge >= 0.3 is 5.97 Å². The smallest absolute Gasteiger partial charge is 0.326 e. The number of benzene rings is 1. The van der Waals surface area contributed by atoms with Crippen LogP contribution in [0.4, 0.5) is 0 Å². The summed E-state index contributed by atoms with van der Waals surface area (Å²) in [6.07, 6.45) is 0. The Bertz CT molecular complexity index is 477. The number of hydrogen-bond donors (Lipinski definition) is 2. The SMILES string of the molecule is COc1ccccc1C(=O)N[C@H](C(=O)O)C(C)(C)C. The van der Waals surface area contributed by atoms with Crippen LogP contribution in [0.5, 0.6) is 5.75 Å². The highest BCUT2D eigenvalue weighted by molar-refractivity contribution is 5.99. The second-order valence-corrected chi connectivity index (χ2v) is 5.31. The molecule has 0 aromatic heterocycles. The number of hydrogen-bond acceptors (Lipinski definition) is 3. The minimum Gasteiger partial charge on any atom is -0.496 e. The second kappa shape index (κ2) is 5.73. The van der Waals surface area contributed by atoms with Crippen LogP contribution in [0.3, 0.4) is 0 Å². The maximum Gasteiger partial charge on any atom is 0.326 e. The Morgan fingerprint density at radius 3 is 2.32 bits per heavy atom. The molecule has 0 aliphatic carbocycles. The Morgan fingerprint density at radius 2 is 1.84 bits per heavy atom. The minimum atomic E-state index is -1.06. The third-order valence-corrected chi connectivity index (χ3v) is 2.74. The average molecular weight is 265 g/mol. The van der Waals surface area contributed by atoms with Crippen molar-refractivity contribution in [2.24, 2.45) is 5.41 Å². The number of amides is 1. The minimum absolute atomic E-state index is 0.320. The zero-order chi connectivity index (χ0) is 14.6. The van der Waals surface area contributed by atoms with Crippen molar-refractivity contribution in [3.63, 3.8) is 0 Å². The van der Waals surface area contributed by atoms with Gasteiger partial charge in [-0.1, -0.05) is 32.9 Å². The van der Waals surface area contributed by atoms with E-state index < -0.39 is 23.3 Å². The Labute approximate surface area is 112 Å². The summed E-state index contributed by atoms with van der Waals surface area (Å²) >= 11 is 0. The first-order chi connectivity index (χ1) is 8.77. The standard InChI is InChI=1S/C14H19NO4/c1-14(2,3)11(13(17)18)15-12(16)9-7-5-6-8-10(9)19-4/h5-8,11H,1-4H3,(H,15,16)(H,17,18)/t11-/m1/s1. The summed E-state index contributed by atoms with van der Waals surface area (Å²) in [5.74, 6) is -1.10. The molecule has 0 radical (unpaired) electrons. The van der Waals surface area contributed by atoms with E-state index in [-0.39, 0.29) is 0 Å². The highest BCUT2D eigenvalue weighted by Gasteiger charge is 2.33. The van der Waals surface area contributed by atoms with Crippen LogP contribution >= 0.6 is 0 Å². The molecule has 2 N–H and O–H groups in total. The van der Waals surface area contributed by atoms with Crippen LogP contribution in [0.1, 0.15) is 31.1 Å². The van der Waals surface area contributed by atoms with Crippen molar-refractivity contribution >= 4 is 11.9 Å². The van der Waals surface area contributed by atoms with Gasteiger partial charge < -0.3 is 15.2 Å². The van der Waals surface area contributed by atoms with Crippen LogP contribution < -0.4 is 10.1 Å². The molecule has 0 spiro atoms. The number of aliphatic carboxylic acids is 1. The van der Waals surface area contributed by atoms with E-state index in [4.69, 9.17) is 4.74 Å². The number of para-hydroxylation sites is 1. The van der Waals surface area contributed by atoms with Crippen molar-refractivity contribution < 1.29 is 19.4 Å². The van der Waals surface area contributed by atoms with E-state index in [9.17, 15) is 14.7 Å². The normalized spacial score (nSPS) is 12.6. The largest absolute Gasteiger partial charge is 0.496 e. The number of carbonyl (C=O) groups is 2. The van der Waals surface area contributed by atoms with E-state index in [0.29, 0.717) is 11.3 Å². The summed E-state index contributed by atoms with van der Waals surface area (Å²) in [4.78, 5) is 23.4. The molecule has 0 saturated carbocycles. The fourth-order valence-corrected chi connectivity index (χ4v) is 1.69. The molecule has 0 bridgehead atoms. The number of carbonyl (C=O) groups excluding carboxylic acids is 1. The first-order valence-electron chi connectivity index (χ1n) is 5.94. The lowest BCUT2D eigenvalue weighted by Crippen LogP contribution is -2.49. The molecule has 19 heavy (non-hydrogen) atoms. The number of ether oxygens (including phenoxy) is 1. The van der Waals surface area contributed by atoms with Gasteiger partial charge in [0.1, 0.15) is 11.8 Å². The lowest BCUT2D eigenvalue weighted by Gasteiger charge is -2.27. The van der Waals surface area contributed by atoms with Gasteiger partial charge in [0.05, 0.1) is 12.7 Å². The van der Waals surface area contributed by atoms with Crippen molar-refractivity contribution in [1.82, 2.24) is 5.32 Å². The van der Waals surface area contributed by atoms with Crippen LogP contribution in [-0.4, -0.2) is 30.1 Å². The predicted octanol–water partition coefficient (Wildman–Crippen LogP) is 1.92. The lowest BCUT2D eigenvalue weighted by molar-refractivity contribution is -0.142. The number of rotatable bonds is 4. The molecule has 0 aliphatic rings. The number of carboxylic acid groups (broad SMARTS) is 1. The van der Waals surface area contributed by atoms with E-state index in [1.54, 1.807) is 45.0 Å². The zero-order valence-corrected chi connectivity index (χ0v) is 11.6.